The number of H-pyrrole nitrogens is 1. The lowest BCUT2D eigenvalue weighted by atomic mass is 9.83. The van der Waals surface area contributed by atoms with Crippen LogP contribution in [0.3, 0.4) is 0 Å². The number of anilines is 1. The van der Waals surface area contributed by atoms with Gasteiger partial charge in [-0.3, -0.25) is 29.2 Å². The molecule has 26 heteroatoms. The van der Waals surface area contributed by atoms with E-state index in [1.165, 1.54) is 36.9 Å². The molecule has 0 saturated carbocycles. The second-order valence-corrected chi connectivity index (χ2v) is 17.9. The van der Waals surface area contributed by atoms with Gasteiger partial charge >= 0.3 is 23.5 Å². The van der Waals surface area contributed by atoms with Crippen LogP contribution in [0.5, 0.6) is 5.75 Å². The third-order valence-electron chi connectivity index (χ3n) is 7.96. The van der Waals surface area contributed by atoms with Gasteiger partial charge in [-0.05, 0) is 18.4 Å². The van der Waals surface area contributed by atoms with Crippen molar-refractivity contribution < 1.29 is 75.4 Å². The minimum absolute atomic E-state index is 0.0232. The summed E-state index contributed by atoms with van der Waals surface area (Å²) >= 11 is 0. The van der Waals surface area contributed by atoms with Crippen LogP contribution in [0, 0.1) is 27.4 Å². The SMILES string of the molecule is COc1cc([C@@H](OCc2cn([C@H]3CC(O)[C@@H](COP(=O)(O)OP(=O)(O)OP(=O)(O)O)O3)c3nc(N)[nH]c(=O)c23)C(C)(C)C)c([N+](=O)[O-])cc1C#CCCC(C)=O. The van der Waals surface area contributed by atoms with E-state index in [-0.39, 0.29) is 76.8 Å². The van der Waals surface area contributed by atoms with Crippen LogP contribution < -0.4 is 16.0 Å². The molecule has 0 radical (unpaired) electrons. The minimum atomic E-state index is -5.80. The number of aliphatic hydroxyl groups excluding tert-OH is 1. The van der Waals surface area contributed by atoms with E-state index >= 15 is 0 Å². The van der Waals surface area contributed by atoms with E-state index < -0.39 is 70.5 Å². The Morgan fingerprint density at radius 3 is 2.46 bits per heavy atom. The number of aromatic nitrogens is 3. The fourth-order valence-corrected chi connectivity index (χ4v) is 8.71. The van der Waals surface area contributed by atoms with E-state index in [2.05, 4.69) is 35.0 Å². The van der Waals surface area contributed by atoms with Crippen LogP contribution >= 0.6 is 23.5 Å². The molecule has 1 fully saturated rings. The number of nitro benzene ring substituents is 1. The number of aliphatic hydroxyl groups is 1. The summed E-state index contributed by atoms with van der Waals surface area (Å²) in [5.41, 5.74) is 4.54. The highest BCUT2D eigenvalue weighted by atomic mass is 31.3. The molecule has 23 nitrogen and oxygen atoms in total. The third-order valence-corrected chi connectivity index (χ3v) is 11.8. The summed E-state index contributed by atoms with van der Waals surface area (Å²) < 4.78 is 65.8. The van der Waals surface area contributed by atoms with Gasteiger partial charge in [-0.25, -0.2) is 13.7 Å². The molecule has 1 saturated heterocycles. The molecule has 0 aliphatic carbocycles. The highest BCUT2D eigenvalue weighted by Gasteiger charge is 2.43. The molecule has 8 N–H and O–H groups in total. The van der Waals surface area contributed by atoms with Crippen molar-refractivity contribution in [3.05, 3.63) is 55.5 Å². The number of nitrogens with two attached hydrogens (primary N) is 1. The zero-order valence-electron chi connectivity index (χ0n) is 30.4. The van der Waals surface area contributed by atoms with Gasteiger partial charge in [-0.15, -0.1) is 0 Å². The lowest BCUT2D eigenvalue weighted by molar-refractivity contribution is -0.386. The number of methoxy groups -OCH3 is 1. The number of nitrogens with one attached hydrogen (secondary N) is 1. The smallest absolute Gasteiger partial charge is 0.490 e. The number of nitrogens with zero attached hydrogens (tertiary/aromatic N) is 3. The highest BCUT2D eigenvalue weighted by Crippen LogP contribution is 2.66. The van der Waals surface area contributed by atoms with Gasteiger partial charge < -0.3 is 49.2 Å². The fourth-order valence-electron chi connectivity index (χ4n) is 5.68. The number of ether oxygens (including phenoxy) is 3. The molecule has 0 bridgehead atoms. The van der Waals surface area contributed by atoms with Crippen molar-refractivity contribution in [2.45, 2.75) is 78.1 Å². The van der Waals surface area contributed by atoms with Gasteiger partial charge in [0.25, 0.3) is 11.2 Å². The first-order valence-electron chi connectivity index (χ1n) is 16.3. The molecule has 3 heterocycles. The van der Waals surface area contributed by atoms with Crippen molar-refractivity contribution >= 4 is 51.9 Å². The molecule has 6 atom stereocenters. The molecular formula is C30H40N5O18P3. The molecule has 56 heavy (non-hydrogen) atoms. The Morgan fingerprint density at radius 2 is 1.88 bits per heavy atom. The van der Waals surface area contributed by atoms with Crippen LogP contribution in [0.25, 0.3) is 11.0 Å². The van der Waals surface area contributed by atoms with Crippen molar-refractivity contribution in [1.29, 1.82) is 0 Å². The summed E-state index contributed by atoms with van der Waals surface area (Å²) in [7, 11) is -15.6. The molecule has 0 spiro atoms. The molecule has 4 rings (SSSR count). The van der Waals surface area contributed by atoms with E-state index in [1.807, 2.05) is 0 Å². The first-order valence-corrected chi connectivity index (χ1v) is 20.8. The normalized spacial score (nSPS) is 20.1. The Kier molecular flexibility index (Phi) is 13.9. The minimum Gasteiger partial charge on any atom is -0.495 e. The fraction of sp³-hybridized carbons (Fsp3) is 0.500. The summed E-state index contributed by atoms with van der Waals surface area (Å²) in [5, 5.41) is 23.1. The van der Waals surface area contributed by atoms with E-state index in [0.29, 0.717) is 0 Å². The molecule has 1 aliphatic heterocycles. The summed E-state index contributed by atoms with van der Waals surface area (Å²) in [5.74, 6) is 5.50. The van der Waals surface area contributed by atoms with Crippen LogP contribution in [0.4, 0.5) is 11.6 Å². The van der Waals surface area contributed by atoms with E-state index in [4.69, 9.17) is 29.7 Å². The standard InChI is InChI=1S/C30H40N5O18P3/c1-16(36)8-6-7-9-17-10-20(35(39)40)19(11-22(17)48-5)26(30(2,3)4)49-14-18-13-34(27-25(18)28(38)33-29(31)32-27)24-12-21(37)23(51-24)15-50-55(44,45)53-56(46,47)52-54(41,42)43/h10-11,13,21,23-24,26,37H,6,8,12,14-15H2,1-5H3,(H,44,45)(H,46,47)(H2,41,42,43)(H3,31,32,33,38)/t21?,23-,24-,26-/m1/s1. The summed E-state index contributed by atoms with van der Waals surface area (Å²) in [6.45, 7) is 5.46. The van der Waals surface area contributed by atoms with Crippen LogP contribution in [0.15, 0.2) is 23.1 Å². The maximum atomic E-state index is 13.2. The lowest BCUT2D eigenvalue weighted by Crippen LogP contribution is -2.26. The highest BCUT2D eigenvalue weighted by molar-refractivity contribution is 7.66. The molecule has 3 unspecified atom stereocenters. The zero-order chi connectivity index (χ0) is 42.0. The number of carbonyl (C=O) groups excluding carboxylic acids is 1. The zero-order valence-corrected chi connectivity index (χ0v) is 33.1. The number of hydrogen-bond donors (Lipinski definition) is 7. The number of rotatable bonds is 16. The Balaban J connectivity index is 1.64. The lowest BCUT2D eigenvalue weighted by Gasteiger charge is -2.31. The summed E-state index contributed by atoms with van der Waals surface area (Å²) in [6.07, 6.45) is -3.36. The van der Waals surface area contributed by atoms with E-state index in [9.17, 15) is 48.3 Å². The number of ketones is 1. The van der Waals surface area contributed by atoms with Gasteiger partial charge in [0.2, 0.25) is 5.95 Å². The van der Waals surface area contributed by atoms with Crippen molar-refractivity contribution in [2.24, 2.45) is 5.41 Å². The topological polar surface area (TPSA) is 345 Å². The van der Waals surface area contributed by atoms with Crippen molar-refractivity contribution in [1.82, 2.24) is 14.5 Å². The summed E-state index contributed by atoms with van der Waals surface area (Å²) in [4.78, 5) is 79.6. The average molecular weight is 852 g/mol. The molecule has 1 aromatic carbocycles. The Morgan fingerprint density at radius 1 is 1.20 bits per heavy atom. The number of nitro groups is 1. The molecule has 308 valence electrons. The number of nitrogen functional groups attached to an aromatic ring is 1. The second kappa shape index (κ2) is 17.3. The number of fused-ring (bicyclic) bond motifs is 1. The maximum absolute atomic E-state index is 13.2. The monoisotopic (exact) mass is 851 g/mol. The summed E-state index contributed by atoms with van der Waals surface area (Å²) in [6, 6.07) is 2.70. The average Bonchev–Trinajstić information content (AvgIpc) is 3.59. The largest absolute Gasteiger partial charge is 0.495 e. The first-order chi connectivity index (χ1) is 25.8. The quantitative estimate of drug-likeness (QED) is 0.0470. The van der Waals surface area contributed by atoms with Crippen LogP contribution in [-0.4, -0.2) is 75.8 Å². The number of aromatic amines is 1. The number of Topliss-reactive ketones (excluding diaryl/α,β-unsaturated/α-hetero) is 1. The number of phosphoric acid groups is 3. The van der Waals surface area contributed by atoms with Crippen molar-refractivity contribution in [3.8, 4) is 17.6 Å². The van der Waals surface area contributed by atoms with Gasteiger partial charge in [0.1, 0.15) is 23.9 Å². The predicted octanol–water partition coefficient (Wildman–Crippen LogP) is 3.24. The Labute approximate surface area is 317 Å². The third kappa shape index (κ3) is 11.6. The van der Waals surface area contributed by atoms with Crippen molar-refractivity contribution in [3.63, 3.8) is 0 Å². The van der Waals surface area contributed by atoms with Gasteiger partial charge in [-0.2, -0.15) is 13.6 Å². The molecule has 1 aliphatic rings. The molecule has 0 amide bonds. The number of carbonyl (C=O) groups is 1. The van der Waals surface area contributed by atoms with Gasteiger partial charge in [0.05, 0.1) is 54.0 Å². The molecule has 2 aromatic heterocycles. The Hall–Kier alpha value is -3.84. The molecular weight excluding hydrogens is 811 g/mol. The predicted molar refractivity (Wildman–Crippen MR) is 193 cm³/mol. The second-order valence-electron chi connectivity index (χ2n) is 13.5. The van der Waals surface area contributed by atoms with Gasteiger partial charge in [0, 0.05) is 37.1 Å². The van der Waals surface area contributed by atoms with Gasteiger partial charge in [0.15, 0.2) is 5.65 Å². The van der Waals surface area contributed by atoms with Gasteiger partial charge in [-0.1, -0.05) is 32.6 Å². The van der Waals surface area contributed by atoms with Crippen molar-refractivity contribution in [2.75, 3.05) is 19.5 Å². The van der Waals surface area contributed by atoms with Crippen LogP contribution in [-0.2, 0) is 47.7 Å². The maximum Gasteiger partial charge on any atom is 0.490 e. The first kappa shape index (κ1) is 44.9. The van der Waals surface area contributed by atoms with E-state index in [0.717, 1.165) is 0 Å². The number of hydrogen-bond acceptors (Lipinski definition) is 16. The molecule has 3 aromatic rings. The Bertz CT molecular complexity index is 2250. The number of phosphoric ester groups is 1. The van der Waals surface area contributed by atoms with Crippen LogP contribution in [0.1, 0.15) is 76.0 Å². The number of benzene rings is 1. The van der Waals surface area contributed by atoms with E-state index in [1.54, 1.807) is 20.8 Å². The van der Waals surface area contributed by atoms with Crippen LogP contribution in [0.2, 0.25) is 0 Å².